The molecule has 1 heterocycles. The summed E-state index contributed by atoms with van der Waals surface area (Å²) in [6.45, 7) is 14.9. The summed E-state index contributed by atoms with van der Waals surface area (Å²) >= 11 is 0. The first-order chi connectivity index (χ1) is 18.0. The standard InChI is InChI=1S/C34H47N3O/c1-33(2,3)29-19-28(20-30(22-29)34(4,5)6)23-35-32(38)31(21-26-13-9-7-10-14-26)37-18-17-36(25-37)24-27-15-11-8-12-16-27/h8,11-12,15-20,22,25-26,31H,7,9-10,13-14,21,23-24H2,1-6H3/p+1/t31-/m0/s1. The Morgan fingerprint density at radius 3 is 2.16 bits per heavy atom. The van der Waals surface area contributed by atoms with Crippen LogP contribution in [0.5, 0.6) is 0 Å². The molecule has 3 aromatic rings. The zero-order valence-corrected chi connectivity index (χ0v) is 24.5. The van der Waals surface area contributed by atoms with Crippen molar-refractivity contribution in [2.45, 2.75) is 110 Å². The maximum absolute atomic E-state index is 13.8. The van der Waals surface area contributed by atoms with E-state index in [0.29, 0.717) is 12.5 Å². The quantitative estimate of drug-likeness (QED) is 0.316. The van der Waals surface area contributed by atoms with E-state index in [9.17, 15) is 4.79 Å². The fourth-order valence-electron chi connectivity index (χ4n) is 5.55. The summed E-state index contributed by atoms with van der Waals surface area (Å²) < 4.78 is 4.32. The average Bonchev–Trinajstić information content (AvgIpc) is 3.34. The molecule has 2 aromatic carbocycles. The summed E-state index contributed by atoms with van der Waals surface area (Å²) in [5.41, 5.74) is 5.19. The molecule has 204 valence electrons. The molecule has 1 N–H and O–H groups in total. The molecular formula is C34H48N3O+. The van der Waals surface area contributed by atoms with Gasteiger partial charge in [0.2, 0.25) is 6.33 Å². The lowest BCUT2D eigenvalue weighted by atomic mass is 9.79. The fourth-order valence-corrected chi connectivity index (χ4v) is 5.55. The summed E-state index contributed by atoms with van der Waals surface area (Å²) in [5, 5.41) is 3.33. The van der Waals surface area contributed by atoms with E-state index in [4.69, 9.17) is 0 Å². The Morgan fingerprint density at radius 1 is 0.921 bits per heavy atom. The molecule has 4 heteroatoms. The van der Waals surface area contributed by atoms with Gasteiger partial charge in [0.05, 0.1) is 0 Å². The van der Waals surface area contributed by atoms with E-state index in [1.165, 1.54) is 54.4 Å². The molecule has 4 rings (SSSR count). The molecule has 1 atom stereocenters. The molecule has 1 amide bonds. The highest BCUT2D eigenvalue weighted by atomic mass is 16.2. The monoisotopic (exact) mass is 514 g/mol. The van der Waals surface area contributed by atoms with Gasteiger partial charge in [-0.3, -0.25) is 4.79 Å². The van der Waals surface area contributed by atoms with Crippen LogP contribution in [0.3, 0.4) is 0 Å². The summed E-state index contributed by atoms with van der Waals surface area (Å²) in [4.78, 5) is 13.8. The first-order valence-corrected chi connectivity index (χ1v) is 14.5. The van der Waals surface area contributed by atoms with Crippen molar-refractivity contribution in [2.75, 3.05) is 0 Å². The second-order valence-electron chi connectivity index (χ2n) is 13.4. The maximum atomic E-state index is 13.8. The minimum Gasteiger partial charge on any atom is -0.348 e. The van der Waals surface area contributed by atoms with Crippen LogP contribution in [0.2, 0.25) is 0 Å². The molecule has 4 nitrogen and oxygen atoms in total. The highest BCUT2D eigenvalue weighted by Crippen LogP contribution is 2.32. The van der Waals surface area contributed by atoms with Crippen LogP contribution in [0.1, 0.15) is 108 Å². The summed E-state index contributed by atoms with van der Waals surface area (Å²) in [6, 6.07) is 17.2. The zero-order chi connectivity index (χ0) is 27.3. The number of benzene rings is 2. The minimum absolute atomic E-state index is 0.0566. The normalized spacial score (nSPS) is 15.8. The van der Waals surface area contributed by atoms with Gasteiger partial charge in [-0.05, 0) is 39.0 Å². The molecule has 0 radical (unpaired) electrons. The van der Waals surface area contributed by atoms with Crippen molar-refractivity contribution >= 4 is 5.91 Å². The number of rotatable bonds is 8. The van der Waals surface area contributed by atoms with Crippen LogP contribution in [-0.4, -0.2) is 10.5 Å². The Balaban J connectivity index is 1.53. The number of nitrogens with one attached hydrogen (secondary N) is 1. The molecule has 1 aromatic heterocycles. The first kappa shape index (κ1) is 28.1. The van der Waals surface area contributed by atoms with Gasteiger partial charge in [-0.25, -0.2) is 9.13 Å². The lowest BCUT2D eigenvalue weighted by Crippen LogP contribution is -2.36. The third-order valence-corrected chi connectivity index (χ3v) is 8.06. The second kappa shape index (κ2) is 11.9. The first-order valence-electron chi connectivity index (χ1n) is 14.5. The molecule has 0 saturated heterocycles. The average molecular weight is 515 g/mol. The third kappa shape index (κ3) is 7.58. The lowest BCUT2D eigenvalue weighted by Gasteiger charge is -2.27. The molecule has 1 aliphatic carbocycles. The molecule has 1 saturated carbocycles. The van der Waals surface area contributed by atoms with Crippen molar-refractivity contribution in [3.05, 3.63) is 89.5 Å². The molecule has 1 aliphatic rings. The predicted molar refractivity (Wildman–Crippen MR) is 156 cm³/mol. The number of imidazole rings is 1. The van der Waals surface area contributed by atoms with Gasteiger partial charge in [0, 0.05) is 13.0 Å². The van der Waals surface area contributed by atoms with E-state index in [1.54, 1.807) is 0 Å². The topological polar surface area (TPSA) is 37.9 Å². The summed E-state index contributed by atoms with van der Waals surface area (Å²) in [7, 11) is 0. The Bertz CT molecular complexity index is 1160. The summed E-state index contributed by atoms with van der Waals surface area (Å²) in [6.07, 6.45) is 13.6. The number of carbonyl (C=O) groups is 1. The van der Waals surface area contributed by atoms with E-state index >= 15 is 0 Å². The van der Waals surface area contributed by atoms with Crippen molar-refractivity contribution in [1.29, 1.82) is 0 Å². The van der Waals surface area contributed by atoms with Gasteiger partial charge in [-0.2, -0.15) is 0 Å². The van der Waals surface area contributed by atoms with Gasteiger partial charge < -0.3 is 5.32 Å². The molecule has 1 fully saturated rings. The van der Waals surface area contributed by atoms with Gasteiger partial charge in [0.1, 0.15) is 18.9 Å². The van der Waals surface area contributed by atoms with Crippen molar-refractivity contribution in [2.24, 2.45) is 5.92 Å². The second-order valence-corrected chi connectivity index (χ2v) is 13.4. The zero-order valence-electron chi connectivity index (χ0n) is 24.5. The van der Waals surface area contributed by atoms with Crippen LogP contribution in [0.4, 0.5) is 0 Å². The van der Waals surface area contributed by atoms with E-state index in [1.807, 2.05) is 6.07 Å². The maximum Gasteiger partial charge on any atom is 0.265 e. The highest BCUT2D eigenvalue weighted by Gasteiger charge is 2.30. The highest BCUT2D eigenvalue weighted by molar-refractivity contribution is 5.80. The largest absolute Gasteiger partial charge is 0.348 e. The number of aromatic nitrogens is 2. The van der Waals surface area contributed by atoms with Crippen LogP contribution in [0.15, 0.2) is 67.3 Å². The Labute approximate surface area is 230 Å². The van der Waals surface area contributed by atoms with E-state index < -0.39 is 0 Å². The molecule has 0 spiro atoms. The summed E-state index contributed by atoms with van der Waals surface area (Å²) in [5.74, 6) is 0.734. The van der Waals surface area contributed by atoms with E-state index in [0.717, 1.165) is 13.0 Å². The van der Waals surface area contributed by atoms with Crippen LogP contribution in [0.25, 0.3) is 0 Å². The molecule has 0 bridgehead atoms. The van der Waals surface area contributed by atoms with Gasteiger partial charge in [-0.15, -0.1) is 0 Å². The van der Waals surface area contributed by atoms with Crippen LogP contribution >= 0.6 is 0 Å². The number of hydrogen-bond donors (Lipinski definition) is 1. The predicted octanol–water partition coefficient (Wildman–Crippen LogP) is 7.25. The molecule has 0 aliphatic heterocycles. The smallest absolute Gasteiger partial charge is 0.265 e. The van der Waals surface area contributed by atoms with Gasteiger partial charge in [0.25, 0.3) is 5.91 Å². The minimum atomic E-state index is -0.192. The lowest BCUT2D eigenvalue weighted by molar-refractivity contribution is -0.687. The van der Waals surface area contributed by atoms with Gasteiger partial charge in [-0.1, -0.05) is 122 Å². The Hall–Kier alpha value is -2.88. The van der Waals surface area contributed by atoms with Crippen molar-refractivity contribution in [3.8, 4) is 0 Å². The Kier molecular flexibility index (Phi) is 8.80. The van der Waals surface area contributed by atoms with Crippen LogP contribution in [-0.2, 0) is 28.7 Å². The van der Waals surface area contributed by atoms with Gasteiger partial charge in [0.15, 0.2) is 6.04 Å². The molecule has 0 unspecified atom stereocenters. The number of amides is 1. The van der Waals surface area contributed by atoms with Crippen LogP contribution in [0, 0.1) is 5.92 Å². The van der Waals surface area contributed by atoms with Crippen LogP contribution < -0.4 is 9.88 Å². The van der Waals surface area contributed by atoms with Gasteiger partial charge >= 0.3 is 0 Å². The van der Waals surface area contributed by atoms with Crippen molar-refractivity contribution < 1.29 is 9.36 Å². The SMILES string of the molecule is CC(C)(C)c1cc(CNC(=O)[C@H](CC2CCCCC2)n2cc[n+](Cc3ccccc3)c2)cc(C(C)(C)C)c1. The number of hydrogen-bond acceptors (Lipinski definition) is 1. The fraction of sp³-hybridized carbons (Fsp3) is 0.529. The van der Waals surface area contributed by atoms with Crippen molar-refractivity contribution in [1.82, 2.24) is 9.88 Å². The number of nitrogens with zero attached hydrogens (tertiary/aromatic N) is 2. The third-order valence-electron chi connectivity index (χ3n) is 8.06. The van der Waals surface area contributed by atoms with E-state index in [2.05, 4.69) is 117 Å². The van der Waals surface area contributed by atoms with Crippen molar-refractivity contribution in [3.63, 3.8) is 0 Å². The molecular weight excluding hydrogens is 466 g/mol. The number of carbonyl (C=O) groups excluding carboxylic acids is 1. The molecule has 38 heavy (non-hydrogen) atoms. The Morgan fingerprint density at radius 2 is 1.55 bits per heavy atom. The van der Waals surface area contributed by atoms with E-state index in [-0.39, 0.29) is 22.8 Å².